The Kier molecular flexibility index (Phi) is 11.4. The van der Waals surface area contributed by atoms with Gasteiger partial charge in [0, 0.05) is 29.6 Å². The number of hydrogen-bond acceptors (Lipinski definition) is 17. The molecule has 2 atom stereocenters. The fourth-order valence-electron chi connectivity index (χ4n) is 3.95. The molecule has 0 aliphatic carbocycles. The average molecular weight is 701 g/mol. The van der Waals surface area contributed by atoms with Crippen molar-refractivity contribution in [3.8, 4) is 0 Å². The van der Waals surface area contributed by atoms with Crippen molar-refractivity contribution in [1.82, 2.24) is 15.4 Å². The number of β-lactam (4-membered cyclic amide) rings is 1. The Labute approximate surface area is 277 Å². The van der Waals surface area contributed by atoms with Crippen LogP contribution < -0.4 is 16.8 Å². The smallest absolute Gasteiger partial charge is 0.347 e. The number of thiazole rings is 1. The molecule has 22 heteroatoms. The molecule has 1 aromatic heterocycles. The molecule has 256 valence electrons. The number of nitrogens with two attached hydrogens (primary N) is 2. The summed E-state index contributed by atoms with van der Waals surface area (Å²) in [5, 5.41) is 29.2. The van der Waals surface area contributed by atoms with E-state index in [9.17, 15) is 44.2 Å². The van der Waals surface area contributed by atoms with Crippen molar-refractivity contribution in [2.24, 2.45) is 10.9 Å². The maximum atomic E-state index is 13.1. The normalized spacial score (nSPS) is 15.5. The van der Waals surface area contributed by atoms with E-state index < -0.39 is 70.5 Å². The van der Waals surface area contributed by atoms with Crippen LogP contribution in [0.4, 0.5) is 16.5 Å². The molecule has 0 radical (unpaired) electrons. The summed E-state index contributed by atoms with van der Waals surface area (Å²) in [4.78, 5) is 96.7. The van der Waals surface area contributed by atoms with Gasteiger partial charge in [0.05, 0.1) is 9.85 Å². The number of carbonyl (C=O) groups excluding carboxylic acids is 5. The number of carbonyl (C=O) groups is 5. The van der Waals surface area contributed by atoms with E-state index >= 15 is 0 Å². The molecule has 5 N–H and O–H groups in total. The predicted molar refractivity (Wildman–Crippen MR) is 163 cm³/mol. The number of aromatic nitrogens is 1. The summed E-state index contributed by atoms with van der Waals surface area (Å²) >= 11 is 0.933. The summed E-state index contributed by atoms with van der Waals surface area (Å²) in [6.45, 7) is -2.12. The lowest BCUT2D eigenvalue weighted by atomic mass is 9.97. The number of nitro groups is 2. The minimum Gasteiger partial charge on any atom is -0.459 e. The fraction of sp³-hybridized carbons (Fsp3) is 0.222. The van der Waals surface area contributed by atoms with Crippen LogP contribution in [0.2, 0.25) is 0 Å². The number of primary amides is 1. The molecule has 4 rings (SSSR count). The first-order valence-corrected chi connectivity index (χ1v) is 14.5. The zero-order valence-electron chi connectivity index (χ0n) is 24.8. The molecule has 0 bridgehead atoms. The van der Waals surface area contributed by atoms with Gasteiger partial charge in [-0.05, 0) is 35.4 Å². The second kappa shape index (κ2) is 15.8. The summed E-state index contributed by atoms with van der Waals surface area (Å²) in [5.41, 5.74) is 11.0. The van der Waals surface area contributed by atoms with E-state index in [2.05, 4.69) is 15.5 Å². The fourth-order valence-corrected chi connectivity index (χ4v) is 4.50. The first-order chi connectivity index (χ1) is 23.3. The van der Waals surface area contributed by atoms with Crippen molar-refractivity contribution in [3.63, 3.8) is 0 Å². The standard InChI is InChI=1S/C27H24N8O13S/c28-24(38)23-22(26(40)33(23)48-12-20(37)46-10-15-3-7-17(8-4-15)35(43)44)31-25(39)21(18-13-49-27(29)30-18)32-47-11-19(36)45-9-14-1-5-16(6-2-14)34(41)42/h1-8,13,22-23H,9-12H2,(H2,28,38)(H2,29,30)(H,31,39)/t22-,23+/m1/s1. The first-order valence-electron chi connectivity index (χ1n) is 13.6. The largest absolute Gasteiger partial charge is 0.459 e. The molecule has 2 aromatic carbocycles. The van der Waals surface area contributed by atoms with Gasteiger partial charge in [-0.1, -0.05) is 5.16 Å². The van der Waals surface area contributed by atoms with E-state index in [-0.39, 0.29) is 35.4 Å². The van der Waals surface area contributed by atoms with Crippen LogP contribution in [0.5, 0.6) is 0 Å². The molecule has 2 heterocycles. The number of nitro benzene ring substituents is 2. The maximum Gasteiger partial charge on any atom is 0.347 e. The minimum absolute atomic E-state index is 0.0350. The molecular formula is C27H24N8O13S. The second-order valence-electron chi connectivity index (χ2n) is 9.69. The topological polar surface area (TPSA) is 301 Å². The molecule has 0 spiro atoms. The number of rotatable bonds is 16. The van der Waals surface area contributed by atoms with Crippen LogP contribution in [-0.4, -0.2) is 80.6 Å². The molecule has 1 fully saturated rings. The van der Waals surface area contributed by atoms with Crippen LogP contribution in [0, 0.1) is 20.2 Å². The zero-order valence-corrected chi connectivity index (χ0v) is 25.6. The summed E-state index contributed by atoms with van der Waals surface area (Å²) < 4.78 is 10.0. The summed E-state index contributed by atoms with van der Waals surface area (Å²) in [7, 11) is 0. The van der Waals surface area contributed by atoms with E-state index in [4.69, 9.17) is 30.6 Å². The third kappa shape index (κ3) is 9.26. The number of nitrogens with one attached hydrogen (secondary N) is 1. The molecular weight excluding hydrogens is 676 g/mol. The van der Waals surface area contributed by atoms with Gasteiger partial charge in [0.1, 0.15) is 24.9 Å². The zero-order chi connectivity index (χ0) is 35.7. The highest BCUT2D eigenvalue weighted by Crippen LogP contribution is 2.22. The van der Waals surface area contributed by atoms with E-state index in [1.54, 1.807) is 0 Å². The van der Waals surface area contributed by atoms with Crippen molar-refractivity contribution in [3.05, 3.63) is 91.0 Å². The average Bonchev–Trinajstić information content (AvgIpc) is 3.50. The van der Waals surface area contributed by atoms with Gasteiger partial charge in [-0.2, -0.15) is 0 Å². The highest BCUT2D eigenvalue weighted by Gasteiger charge is 2.53. The van der Waals surface area contributed by atoms with Crippen LogP contribution >= 0.6 is 11.3 Å². The number of hydroxylamine groups is 2. The van der Waals surface area contributed by atoms with Gasteiger partial charge in [-0.25, -0.2) is 19.6 Å². The van der Waals surface area contributed by atoms with Crippen LogP contribution in [0.1, 0.15) is 16.8 Å². The molecule has 1 aliphatic rings. The van der Waals surface area contributed by atoms with Gasteiger partial charge in [0.2, 0.25) is 12.5 Å². The lowest BCUT2D eigenvalue weighted by Crippen LogP contribution is -2.74. The Bertz CT molecular complexity index is 1800. The monoisotopic (exact) mass is 700 g/mol. The minimum atomic E-state index is -1.56. The summed E-state index contributed by atoms with van der Waals surface area (Å²) in [5.74, 6) is -5.03. The SMILES string of the molecule is NC(=O)[C@@H]1[C@@H](NC(=O)C(=NOCC(=O)OCc2ccc([N+](=O)[O-])cc2)c2csc(N)n2)C(=O)N1OCC(=O)OCc1ccc([N+](=O)[O-])cc1. The third-order valence-corrected chi connectivity index (χ3v) is 7.04. The van der Waals surface area contributed by atoms with E-state index in [1.807, 2.05) is 0 Å². The highest BCUT2D eigenvalue weighted by atomic mass is 32.1. The Morgan fingerprint density at radius 3 is 1.92 bits per heavy atom. The quantitative estimate of drug-likeness (QED) is 0.0576. The van der Waals surface area contributed by atoms with Gasteiger partial charge in [0.25, 0.3) is 23.2 Å². The van der Waals surface area contributed by atoms with E-state index in [0.29, 0.717) is 16.2 Å². The van der Waals surface area contributed by atoms with Crippen LogP contribution in [0.25, 0.3) is 0 Å². The van der Waals surface area contributed by atoms with Crippen LogP contribution in [-0.2, 0) is 56.3 Å². The lowest BCUT2D eigenvalue weighted by molar-refractivity contribution is -0.385. The lowest BCUT2D eigenvalue weighted by Gasteiger charge is -2.43. The number of esters is 2. The number of oxime groups is 1. The van der Waals surface area contributed by atoms with Crippen molar-refractivity contribution < 1.29 is 53.0 Å². The number of non-ortho nitro benzene ring substituents is 2. The van der Waals surface area contributed by atoms with Gasteiger partial charge in [-0.15, -0.1) is 11.3 Å². The molecule has 3 amide bonds. The highest BCUT2D eigenvalue weighted by molar-refractivity contribution is 7.13. The Morgan fingerprint density at radius 2 is 1.45 bits per heavy atom. The van der Waals surface area contributed by atoms with Crippen molar-refractivity contribution >= 4 is 63.2 Å². The van der Waals surface area contributed by atoms with Gasteiger partial charge in [-0.3, -0.25) is 39.4 Å². The number of hydrogen-bond donors (Lipinski definition) is 3. The number of nitrogen functional groups attached to an aromatic ring is 1. The van der Waals surface area contributed by atoms with Crippen molar-refractivity contribution in [2.45, 2.75) is 25.3 Å². The van der Waals surface area contributed by atoms with Gasteiger partial charge < -0.3 is 31.1 Å². The maximum absolute atomic E-state index is 13.1. The molecule has 3 aromatic rings. The number of ether oxygens (including phenoxy) is 2. The molecule has 49 heavy (non-hydrogen) atoms. The number of benzene rings is 2. The second-order valence-corrected chi connectivity index (χ2v) is 10.6. The number of nitrogens with zero attached hydrogens (tertiary/aromatic N) is 5. The Morgan fingerprint density at radius 1 is 0.918 bits per heavy atom. The van der Waals surface area contributed by atoms with Gasteiger partial charge >= 0.3 is 11.9 Å². The first kappa shape index (κ1) is 35.3. The van der Waals surface area contributed by atoms with E-state index in [1.165, 1.54) is 53.9 Å². The molecule has 1 aliphatic heterocycles. The van der Waals surface area contributed by atoms with Gasteiger partial charge in [0.15, 0.2) is 23.5 Å². The molecule has 0 saturated carbocycles. The van der Waals surface area contributed by atoms with E-state index in [0.717, 1.165) is 11.3 Å². The predicted octanol–water partition coefficient (Wildman–Crippen LogP) is -0.138. The molecule has 21 nitrogen and oxygen atoms in total. The number of amides is 3. The third-order valence-electron chi connectivity index (χ3n) is 6.36. The molecule has 0 unspecified atom stereocenters. The van der Waals surface area contributed by atoms with Crippen molar-refractivity contribution in [2.75, 3.05) is 18.9 Å². The van der Waals surface area contributed by atoms with Crippen LogP contribution in [0.15, 0.2) is 59.1 Å². The Hall–Kier alpha value is -6.55. The summed E-state index contributed by atoms with van der Waals surface area (Å²) in [6, 6.07) is 7.32. The van der Waals surface area contributed by atoms with Crippen LogP contribution in [0.3, 0.4) is 0 Å². The number of anilines is 1. The summed E-state index contributed by atoms with van der Waals surface area (Å²) in [6.07, 6.45) is 0. The van der Waals surface area contributed by atoms with Crippen molar-refractivity contribution in [1.29, 1.82) is 0 Å². The Balaban J connectivity index is 1.31. The molecule has 1 saturated heterocycles.